The first kappa shape index (κ1) is 15.2. The molecule has 0 amide bonds. The van der Waals surface area contributed by atoms with Gasteiger partial charge in [-0.2, -0.15) is 0 Å². The van der Waals surface area contributed by atoms with Crippen molar-refractivity contribution in [3.8, 4) is 11.4 Å². The Hall–Kier alpha value is -2.18. The van der Waals surface area contributed by atoms with E-state index in [1.54, 1.807) is 10.9 Å². The highest BCUT2D eigenvalue weighted by molar-refractivity contribution is 5.67. The number of aliphatic carboxylic acids is 1. The van der Waals surface area contributed by atoms with E-state index in [1.165, 1.54) is 0 Å². The molecule has 0 aliphatic rings. The molecule has 0 aliphatic carbocycles. The van der Waals surface area contributed by atoms with Crippen molar-refractivity contribution in [1.29, 1.82) is 0 Å². The molecule has 2 aromatic heterocycles. The highest BCUT2D eigenvalue weighted by Crippen LogP contribution is 2.36. The average molecular weight is 292 g/mol. The number of aryl methyl sites for hydroxylation is 1. The third-order valence-corrected chi connectivity index (χ3v) is 3.46. The fourth-order valence-corrected chi connectivity index (χ4v) is 2.32. The van der Waals surface area contributed by atoms with Gasteiger partial charge in [0.05, 0.1) is 24.3 Å². The Morgan fingerprint density at radius 1 is 1.48 bits per heavy atom. The largest absolute Gasteiger partial charge is 0.481 e. The van der Waals surface area contributed by atoms with Crippen LogP contribution in [0.1, 0.15) is 45.9 Å². The number of hydrogen-bond acceptors (Lipinski definition) is 5. The smallest absolute Gasteiger partial charge is 0.305 e. The summed E-state index contributed by atoms with van der Waals surface area (Å²) in [5.41, 5.74) is 0.515. The van der Waals surface area contributed by atoms with E-state index in [9.17, 15) is 4.79 Å². The van der Waals surface area contributed by atoms with Crippen LogP contribution in [0.4, 0.5) is 0 Å². The Morgan fingerprint density at radius 3 is 2.76 bits per heavy atom. The van der Waals surface area contributed by atoms with Crippen LogP contribution in [0.2, 0.25) is 0 Å². The summed E-state index contributed by atoms with van der Waals surface area (Å²) in [7, 11) is 0. The lowest BCUT2D eigenvalue weighted by molar-refractivity contribution is -0.138. The van der Waals surface area contributed by atoms with Gasteiger partial charge in [0, 0.05) is 6.42 Å². The van der Waals surface area contributed by atoms with Gasteiger partial charge in [0.15, 0.2) is 5.82 Å². The summed E-state index contributed by atoms with van der Waals surface area (Å²) in [6.45, 7) is 7.90. The van der Waals surface area contributed by atoms with Gasteiger partial charge in [0.1, 0.15) is 5.76 Å². The lowest BCUT2D eigenvalue weighted by Gasteiger charge is -2.29. The first-order valence-corrected chi connectivity index (χ1v) is 6.91. The van der Waals surface area contributed by atoms with Crippen molar-refractivity contribution in [1.82, 2.24) is 20.2 Å². The van der Waals surface area contributed by atoms with Crippen LogP contribution in [0.25, 0.3) is 11.4 Å². The minimum absolute atomic E-state index is 0.0408. The summed E-state index contributed by atoms with van der Waals surface area (Å²) < 4.78 is 7.01. The highest BCUT2D eigenvalue weighted by Gasteiger charge is 2.32. The van der Waals surface area contributed by atoms with Crippen molar-refractivity contribution in [3.63, 3.8) is 0 Å². The maximum Gasteiger partial charge on any atom is 0.305 e. The molecule has 0 bridgehead atoms. The van der Waals surface area contributed by atoms with Crippen LogP contribution in [0, 0.1) is 5.41 Å². The van der Waals surface area contributed by atoms with Crippen LogP contribution in [-0.4, -0.2) is 31.3 Å². The average Bonchev–Trinajstić information content (AvgIpc) is 3.02. The second-order valence-corrected chi connectivity index (χ2v) is 6.04. The minimum Gasteiger partial charge on any atom is -0.481 e. The molecule has 2 rings (SSSR count). The molecule has 7 heteroatoms. The normalized spacial score (nSPS) is 13.3. The van der Waals surface area contributed by atoms with Crippen LogP contribution in [-0.2, 0) is 11.2 Å². The van der Waals surface area contributed by atoms with Crippen LogP contribution >= 0.6 is 0 Å². The first-order chi connectivity index (χ1) is 9.84. The summed E-state index contributed by atoms with van der Waals surface area (Å²) >= 11 is 0. The number of rotatable bonds is 5. The molecule has 0 aliphatic heterocycles. The molecule has 0 aromatic carbocycles. The number of tetrazole rings is 1. The summed E-state index contributed by atoms with van der Waals surface area (Å²) in [4.78, 5) is 11.2. The molecule has 2 aromatic rings. The minimum atomic E-state index is -0.876. The standard InChI is InChI=1S/C14H20N4O3/c1-5-10-9(6-7-21-10)13-15-16-17-18(13)11(8-12(19)20)14(2,3)4/h6-7,11H,5,8H2,1-4H3,(H,19,20). The van der Waals surface area contributed by atoms with E-state index in [0.717, 1.165) is 11.3 Å². The zero-order chi connectivity index (χ0) is 15.6. The van der Waals surface area contributed by atoms with Gasteiger partial charge in [-0.05, 0) is 21.9 Å². The second-order valence-electron chi connectivity index (χ2n) is 6.04. The van der Waals surface area contributed by atoms with Crippen molar-refractivity contribution in [3.05, 3.63) is 18.1 Å². The molecular formula is C14H20N4O3. The Kier molecular flexibility index (Phi) is 4.11. The molecule has 2 heterocycles. The van der Waals surface area contributed by atoms with Crippen LogP contribution < -0.4 is 0 Å². The van der Waals surface area contributed by atoms with Crippen molar-refractivity contribution in [2.45, 2.75) is 46.6 Å². The van der Waals surface area contributed by atoms with Gasteiger partial charge in [-0.15, -0.1) is 5.10 Å². The van der Waals surface area contributed by atoms with Gasteiger partial charge in [0.2, 0.25) is 0 Å². The van der Waals surface area contributed by atoms with Gasteiger partial charge in [-0.3, -0.25) is 4.79 Å². The van der Waals surface area contributed by atoms with Gasteiger partial charge in [-0.1, -0.05) is 27.7 Å². The number of aromatic nitrogens is 4. The number of carboxylic acid groups (broad SMARTS) is 1. The number of nitrogens with zero attached hydrogens (tertiary/aromatic N) is 4. The van der Waals surface area contributed by atoms with Gasteiger partial charge in [-0.25, -0.2) is 4.68 Å². The van der Waals surface area contributed by atoms with Crippen molar-refractivity contribution >= 4 is 5.97 Å². The number of hydrogen-bond donors (Lipinski definition) is 1. The van der Waals surface area contributed by atoms with E-state index >= 15 is 0 Å². The Balaban J connectivity index is 2.49. The van der Waals surface area contributed by atoms with Gasteiger partial charge >= 0.3 is 5.97 Å². The van der Waals surface area contributed by atoms with Crippen molar-refractivity contribution < 1.29 is 14.3 Å². The predicted molar refractivity (Wildman–Crippen MR) is 75.6 cm³/mol. The zero-order valence-corrected chi connectivity index (χ0v) is 12.7. The van der Waals surface area contributed by atoms with Crippen LogP contribution in [0.5, 0.6) is 0 Å². The molecule has 1 N–H and O–H groups in total. The molecule has 0 fully saturated rings. The monoisotopic (exact) mass is 292 g/mol. The maximum absolute atomic E-state index is 11.2. The number of carboxylic acids is 1. The molecule has 21 heavy (non-hydrogen) atoms. The SMILES string of the molecule is CCc1occc1-c1nnnn1C(CC(=O)O)C(C)(C)C. The molecule has 1 unspecified atom stereocenters. The van der Waals surface area contributed by atoms with Gasteiger partial charge < -0.3 is 9.52 Å². The summed E-state index contributed by atoms with van der Waals surface area (Å²) in [6, 6.07) is 1.46. The van der Waals surface area contributed by atoms with Gasteiger partial charge in [0.25, 0.3) is 0 Å². The predicted octanol–water partition coefficient (Wildman–Crippen LogP) is 2.56. The van der Waals surface area contributed by atoms with E-state index in [-0.39, 0.29) is 17.9 Å². The number of furan rings is 1. The fourth-order valence-electron chi connectivity index (χ4n) is 2.32. The lowest BCUT2D eigenvalue weighted by Crippen LogP contribution is -2.28. The molecular weight excluding hydrogens is 272 g/mol. The highest BCUT2D eigenvalue weighted by atomic mass is 16.4. The first-order valence-electron chi connectivity index (χ1n) is 6.91. The molecule has 1 atom stereocenters. The maximum atomic E-state index is 11.2. The van der Waals surface area contributed by atoms with Crippen LogP contribution in [0.3, 0.4) is 0 Å². The third-order valence-electron chi connectivity index (χ3n) is 3.46. The fraction of sp³-hybridized carbons (Fsp3) is 0.571. The topological polar surface area (TPSA) is 94.0 Å². The molecule has 0 radical (unpaired) electrons. The lowest BCUT2D eigenvalue weighted by atomic mass is 9.84. The molecule has 114 valence electrons. The molecule has 0 spiro atoms. The quantitative estimate of drug-likeness (QED) is 0.910. The van der Waals surface area contributed by atoms with E-state index in [4.69, 9.17) is 9.52 Å². The van der Waals surface area contributed by atoms with E-state index in [1.807, 2.05) is 33.8 Å². The van der Waals surface area contributed by atoms with E-state index in [0.29, 0.717) is 12.2 Å². The third kappa shape index (κ3) is 3.12. The molecule has 0 saturated carbocycles. The van der Waals surface area contributed by atoms with E-state index in [2.05, 4.69) is 15.5 Å². The summed E-state index contributed by atoms with van der Waals surface area (Å²) in [5.74, 6) is 0.454. The van der Waals surface area contributed by atoms with Crippen LogP contribution in [0.15, 0.2) is 16.7 Å². The summed E-state index contributed by atoms with van der Waals surface area (Å²) in [5, 5.41) is 21.0. The Bertz CT molecular complexity index is 624. The second kappa shape index (κ2) is 5.67. The molecule has 0 saturated heterocycles. The Labute approximate surface area is 123 Å². The number of carbonyl (C=O) groups is 1. The Morgan fingerprint density at radius 2 is 2.19 bits per heavy atom. The summed E-state index contributed by atoms with van der Waals surface area (Å²) in [6.07, 6.45) is 2.27. The molecule has 7 nitrogen and oxygen atoms in total. The van der Waals surface area contributed by atoms with Crippen molar-refractivity contribution in [2.24, 2.45) is 5.41 Å². The van der Waals surface area contributed by atoms with E-state index < -0.39 is 5.97 Å². The zero-order valence-electron chi connectivity index (χ0n) is 12.7. The van der Waals surface area contributed by atoms with Crippen molar-refractivity contribution in [2.75, 3.05) is 0 Å².